The summed E-state index contributed by atoms with van der Waals surface area (Å²) in [4.78, 5) is 36.0. The minimum absolute atomic E-state index is 0.00162. The van der Waals surface area contributed by atoms with Crippen molar-refractivity contribution in [2.24, 2.45) is 0 Å². The summed E-state index contributed by atoms with van der Waals surface area (Å²) >= 11 is 0. The van der Waals surface area contributed by atoms with Crippen LogP contribution in [0.1, 0.15) is 16.8 Å². The fourth-order valence-electron chi connectivity index (χ4n) is 3.16. The number of nitrogens with zero attached hydrogens (tertiary/aromatic N) is 4. The smallest absolute Gasteiger partial charge is 0.335 e. The van der Waals surface area contributed by atoms with Crippen LogP contribution < -0.4 is 15.1 Å². The van der Waals surface area contributed by atoms with Crippen molar-refractivity contribution in [3.63, 3.8) is 0 Å². The number of carbonyl (C=O) groups excluding carboxylic acids is 1. The number of carbonyl (C=O) groups is 2. The Bertz CT molecular complexity index is 1050. The molecular weight excluding hydrogens is 370 g/mol. The van der Waals surface area contributed by atoms with E-state index in [4.69, 9.17) is 5.11 Å². The largest absolute Gasteiger partial charge is 0.478 e. The fourth-order valence-corrected chi connectivity index (χ4v) is 3.16. The highest BCUT2D eigenvalue weighted by atomic mass is 16.4. The van der Waals surface area contributed by atoms with Crippen molar-refractivity contribution in [3.05, 3.63) is 66.4 Å². The molecule has 1 aliphatic rings. The van der Waals surface area contributed by atoms with Gasteiger partial charge in [0.1, 0.15) is 5.69 Å². The molecule has 0 bridgehead atoms. The number of aromatic carboxylic acids is 1. The predicted octanol–water partition coefficient (Wildman–Crippen LogP) is 3.42. The lowest BCUT2D eigenvalue weighted by atomic mass is 10.2. The third kappa shape index (κ3) is 3.73. The lowest BCUT2D eigenvalue weighted by Gasteiger charge is -2.24. The van der Waals surface area contributed by atoms with Gasteiger partial charge in [0.25, 0.3) is 0 Å². The number of hydrogen-bond acceptors (Lipinski definition) is 6. The summed E-state index contributed by atoms with van der Waals surface area (Å²) in [5, 5.41) is 12.1. The number of fused-ring (bicyclic) bond motifs is 1. The molecule has 29 heavy (non-hydrogen) atoms. The van der Waals surface area contributed by atoms with Crippen LogP contribution in [0.3, 0.4) is 0 Å². The number of nitrogens with one attached hydrogen (secondary N) is 1. The number of benzene rings is 2. The van der Waals surface area contributed by atoms with Gasteiger partial charge in [-0.15, -0.1) is 0 Å². The van der Waals surface area contributed by atoms with Gasteiger partial charge in [-0.2, -0.15) is 4.98 Å². The van der Waals surface area contributed by atoms with E-state index in [1.807, 2.05) is 35.2 Å². The number of anilines is 5. The molecule has 1 aliphatic heterocycles. The van der Waals surface area contributed by atoms with Crippen molar-refractivity contribution >= 4 is 40.7 Å². The van der Waals surface area contributed by atoms with Gasteiger partial charge in [-0.05, 0) is 36.4 Å². The molecule has 0 saturated heterocycles. The van der Waals surface area contributed by atoms with Crippen LogP contribution in [0.4, 0.5) is 28.8 Å². The van der Waals surface area contributed by atoms with Gasteiger partial charge in [0.15, 0.2) is 5.82 Å². The first kappa shape index (κ1) is 18.4. The third-order valence-corrected chi connectivity index (χ3v) is 4.75. The van der Waals surface area contributed by atoms with Crippen molar-refractivity contribution in [1.29, 1.82) is 0 Å². The maximum atomic E-state index is 12.4. The molecule has 0 fully saturated rings. The Balaban J connectivity index is 1.71. The Morgan fingerprint density at radius 1 is 1.10 bits per heavy atom. The normalized spacial score (nSPS) is 13.6. The van der Waals surface area contributed by atoms with E-state index in [-0.39, 0.29) is 11.5 Å². The fraction of sp³-hybridized carbons (Fsp3) is 0.143. The Morgan fingerprint density at radius 3 is 2.52 bits per heavy atom. The topological polar surface area (TPSA) is 98.7 Å². The van der Waals surface area contributed by atoms with E-state index < -0.39 is 5.97 Å². The minimum atomic E-state index is -0.982. The summed E-state index contributed by atoms with van der Waals surface area (Å²) in [5.41, 5.74) is 2.43. The first-order valence-electron chi connectivity index (χ1n) is 9.09. The molecule has 0 radical (unpaired) electrons. The zero-order chi connectivity index (χ0) is 20.4. The third-order valence-electron chi connectivity index (χ3n) is 4.75. The number of para-hydroxylation sites is 1. The van der Waals surface area contributed by atoms with Gasteiger partial charge in [0.05, 0.1) is 11.8 Å². The Kier molecular flexibility index (Phi) is 4.82. The SMILES string of the molecule is CN1C(=O)CCN(c2ccccc2)c2nc(Nc3ccc(C(=O)O)cc3)ncc21. The van der Waals surface area contributed by atoms with Gasteiger partial charge >= 0.3 is 5.97 Å². The van der Waals surface area contributed by atoms with E-state index in [2.05, 4.69) is 15.3 Å². The summed E-state index contributed by atoms with van der Waals surface area (Å²) in [6, 6.07) is 16.1. The monoisotopic (exact) mass is 389 g/mol. The van der Waals surface area contributed by atoms with Gasteiger partial charge in [0, 0.05) is 31.4 Å². The first-order valence-corrected chi connectivity index (χ1v) is 9.09. The molecular formula is C21H19N5O3. The molecule has 0 atom stereocenters. The van der Waals surface area contributed by atoms with Crippen molar-refractivity contribution in [2.45, 2.75) is 6.42 Å². The molecule has 146 valence electrons. The molecule has 2 aromatic carbocycles. The van der Waals surface area contributed by atoms with E-state index in [1.165, 1.54) is 12.1 Å². The van der Waals surface area contributed by atoms with Crippen LogP contribution in [0.5, 0.6) is 0 Å². The Morgan fingerprint density at radius 2 is 1.83 bits per heavy atom. The van der Waals surface area contributed by atoms with Crippen molar-refractivity contribution in [1.82, 2.24) is 9.97 Å². The summed E-state index contributed by atoms with van der Waals surface area (Å²) in [6.45, 7) is 0.504. The highest BCUT2D eigenvalue weighted by molar-refractivity contribution is 5.98. The highest BCUT2D eigenvalue weighted by Gasteiger charge is 2.26. The van der Waals surface area contributed by atoms with Crippen molar-refractivity contribution < 1.29 is 14.7 Å². The van der Waals surface area contributed by atoms with Crippen LogP contribution in [0.15, 0.2) is 60.8 Å². The molecule has 1 amide bonds. The number of amides is 1. The molecule has 0 saturated carbocycles. The van der Waals surface area contributed by atoms with Gasteiger partial charge in [0.2, 0.25) is 11.9 Å². The molecule has 1 aromatic heterocycles. The second-order valence-corrected chi connectivity index (χ2v) is 6.60. The highest BCUT2D eigenvalue weighted by Crippen LogP contribution is 2.35. The van der Waals surface area contributed by atoms with Crippen LogP contribution in [0.2, 0.25) is 0 Å². The van der Waals surface area contributed by atoms with Crippen molar-refractivity contribution in [2.75, 3.05) is 28.7 Å². The zero-order valence-electron chi connectivity index (χ0n) is 15.7. The van der Waals surface area contributed by atoms with Gasteiger partial charge in [-0.1, -0.05) is 18.2 Å². The quantitative estimate of drug-likeness (QED) is 0.705. The van der Waals surface area contributed by atoms with E-state index in [9.17, 15) is 9.59 Å². The Hall–Kier alpha value is -3.94. The second kappa shape index (κ2) is 7.59. The molecule has 8 nitrogen and oxygen atoms in total. The van der Waals surface area contributed by atoms with Crippen LogP contribution in [-0.4, -0.2) is 40.5 Å². The lowest BCUT2D eigenvalue weighted by Crippen LogP contribution is -2.25. The summed E-state index contributed by atoms with van der Waals surface area (Å²) < 4.78 is 0. The molecule has 4 rings (SSSR count). The second-order valence-electron chi connectivity index (χ2n) is 6.60. The van der Waals surface area contributed by atoms with Crippen LogP contribution in [0.25, 0.3) is 0 Å². The predicted molar refractivity (Wildman–Crippen MR) is 110 cm³/mol. The number of rotatable bonds is 4. The first-order chi connectivity index (χ1) is 14.0. The molecule has 2 N–H and O–H groups in total. The summed E-state index contributed by atoms with van der Waals surface area (Å²) in [5.74, 6) is 0.00185. The molecule has 3 aromatic rings. The average molecular weight is 389 g/mol. The van der Waals surface area contributed by atoms with Crippen LogP contribution >= 0.6 is 0 Å². The standard InChI is InChI=1S/C21H19N5O3/c1-25-17-13-22-21(23-15-9-7-14(8-10-15)20(28)29)24-19(17)26(12-11-18(25)27)16-5-3-2-4-6-16/h2-10,13H,11-12H2,1H3,(H,28,29)(H,22,23,24). The number of hydrogen-bond donors (Lipinski definition) is 2. The maximum Gasteiger partial charge on any atom is 0.335 e. The molecule has 0 spiro atoms. The molecule has 2 heterocycles. The van der Waals surface area contributed by atoms with Crippen molar-refractivity contribution in [3.8, 4) is 0 Å². The minimum Gasteiger partial charge on any atom is -0.478 e. The number of carboxylic acids is 1. The van der Waals surface area contributed by atoms with Crippen LogP contribution in [-0.2, 0) is 4.79 Å². The molecule has 0 unspecified atom stereocenters. The van der Waals surface area contributed by atoms with Crippen LogP contribution in [0, 0.1) is 0 Å². The zero-order valence-corrected chi connectivity index (χ0v) is 15.7. The molecule has 8 heteroatoms. The average Bonchev–Trinajstić information content (AvgIpc) is 2.86. The van der Waals surface area contributed by atoms with E-state index in [0.29, 0.717) is 36.1 Å². The van der Waals surface area contributed by atoms with Gasteiger partial charge in [-0.3, -0.25) is 4.79 Å². The Labute approximate surface area is 167 Å². The summed E-state index contributed by atoms with van der Waals surface area (Å²) in [7, 11) is 1.72. The van der Waals surface area contributed by atoms with E-state index >= 15 is 0 Å². The summed E-state index contributed by atoms with van der Waals surface area (Å²) in [6.07, 6.45) is 1.98. The maximum absolute atomic E-state index is 12.4. The van der Waals surface area contributed by atoms with Gasteiger partial charge < -0.3 is 20.2 Å². The molecule has 0 aliphatic carbocycles. The number of aromatic nitrogens is 2. The number of carboxylic acid groups (broad SMARTS) is 1. The van der Waals surface area contributed by atoms with E-state index in [1.54, 1.807) is 30.3 Å². The van der Waals surface area contributed by atoms with E-state index in [0.717, 1.165) is 5.69 Å². The van der Waals surface area contributed by atoms with Gasteiger partial charge in [-0.25, -0.2) is 9.78 Å². The lowest BCUT2D eigenvalue weighted by molar-refractivity contribution is -0.118.